The Balaban J connectivity index is 1.71. The number of carbonyl (C=O) groups is 5. The van der Waals surface area contributed by atoms with Crippen LogP contribution in [0.3, 0.4) is 0 Å². The second kappa shape index (κ2) is 19.1. The third-order valence-electron chi connectivity index (χ3n) is 8.09. The van der Waals surface area contributed by atoms with Crippen molar-refractivity contribution in [3.63, 3.8) is 0 Å². The number of benzene rings is 2. The fourth-order valence-electron chi connectivity index (χ4n) is 5.37. The number of aromatic hydroxyl groups is 1. The minimum absolute atomic E-state index is 0.00606. The summed E-state index contributed by atoms with van der Waals surface area (Å²) in [6.07, 6.45) is -8.27. The Morgan fingerprint density at radius 1 is 0.863 bits per heavy atom. The summed E-state index contributed by atoms with van der Waals surface area (Å²) in [7, 11) is 0. The van der Waals surface area contributed by atoms with Crippen LogP contribution in [0.1, 0.15) is 31.4 Å². The van der Waals surface area contributed by atoms with E-state index in [1.165, 1.54) is 12.1 Å². The number of phenols is 1. The fraction of sp³-hybridized carbons (Fsp3) is 0.471. The van der Waals surface area contributed by atoms with E-state index in [1.807, 2.05) is 0 Å². The van der Waals surface area contributed by atoms with Gasteiger partial charge in [0.05, 0.1) is 19.2 Å². The summed E-state index contributed by atoms with van der Waals surface area (Å²) in [6, 6.07) is 11.0. The van der Waals surface area contributed by atoms with Gasteiger partial charge in [-0.1, -0.05) is 56.3 Å². The summed E-state index contributed by atoms with van der Waals surface area (Å²) in [5.74, 6) is -4.49. The number of carbonyl (C=O) groups excluding carboxylic acids is 4. The number of hydrogen-bond donors (Lipinski definition) is 11. The molecule has 51 heavy (non-hydrogen) atoms. The maximum absolute atomic E-state index is 13.4. The second-order valence-electron chi connectivity index (χ2n) is 12.7. The van der Waals surface area contributed by atoms with Crippen LogP contribution in [0, 0.1) is 12.1 Å². The van der Waals surface area contributed by atoms with Gasteiger partial charge in [0.15, 0.2) is 6.17 Å². The minimum atomic E-state index is -2.11. The van der Waals surface area contributed by atoms with E-state index in [1.54, 1.807) is 56.3 Å². The molecule has 0 saturated carbocycles. The van der Waals surface area contributed by atoms with Crippen molar-refractivity contribution in [2.75, 3.05) is 19.7 Å². The molecule has 1 heterocycles. The lowest BCUT2D eigenvalue weighted by atomic mass is 10.0. The number of aliphatic hydroxyl groups is 5. The first-order valence-electron chi connectivity index (χ1n) is 16.3. The van der Waals surface area contributed by atoms with Gasteiger partial charge in [0.1, 0.15) is 48.8 Å². The highest BCUT2D eigenvalue weighted by Gasteiger charge is 2.48. The van der Waals surface area contributed by atoms with Crippen molar-refractivity contribution in [1.82, 2.24) is 26.2 Å². The van der Waals surface area contributed by atoms with Crippen LogP contribution in [0.2, 0.25) is 0 Å². The zero-order chi connectivity index (χ0) is 37.8. The Hall–Kier alpha value is -4.65. The fourth-order valence-corrected chi connectivity index (χ4v) is 5.37. The molecule has 7 atom stereocenters. The van der Waals surface area contributed by atoms with Crippen molar-refractivity contribution in [2.45, 2.75) is 75.7 Å². The molecule has 1 fully saturated rings. The maximum Gasteiger partial charge on any atom is 0.326 e. The van der Waals surface area contributed by atoms with Crippen LogP contribution in [0.25, 0.3) is 0 Å². The van der Waals surface area contributed by atoms with Gasteiger partial charge in [-0.2, -0.15) is 0 Å². The van der Waals surface area contributed by atoms with E-state index in [9.17, 15) is 54.6 Å². The molecule has 0 spiro atoms. The summed E-state index contributed by atoms with van der Waals surface area (Å²) in [6.45, 7) is 1.21. The predicted octanol–water partition coefficient (Wildman–Crippen LogP) is -2.88. The number of carboxylic acids is 1. The van der Waals surface area contributed by atoms with Gasteiger partial charge in [-0.25, -0.2) is 4.79 Å². The summed E-state index contributed by atoms with van der Waals surface area (Å²) in [5, 5.41) is 79.7. The molecule has 1 aliphatic heterocycles. The van der Waals surface area contributed by atoms with E-state index < -0.39 is 98.0 Å². The number of aliphatic carboxylic acids is 1. The van der Waals surface area contributed by atoms with Crippen LogP contribution < -0.4 is 21.3 Å². The molecule has 0 unspecified atom stereocenters. The number of phenolic OH excluding ortho intramolecular Hbond substituents is 1. The third kappa shape index (κ3) is 12.0. The van der Waals surface area contributed by atoms with Crippen molar-refractivity contribution < 1.29 is 59.7 Å². The number of amides is 4. The van der Waals surface area contributed by atoms with Crippen molar-refractivity contribution in [2.24, 2.45) is 5.92 Å². The lowest BCUT2D eigenvalue weighted by Crippen LogP contribution is -2.55. The minimum Gasteiger partial charge on any atom is -0.508 e. The Kier molecular flexibility index (Phi) is 15.3. The molecule has 17 nitrogen and oxygen atoms in total. The van der Waals surface area contributed by atoms with Crippen LogP contribution in [-0.2, 0) is 36.8 Å². The molecule has 0 aromatic heterocycles. The molecule has 1 saturated heterocycles. The molecule has 11 N–H and O–H groups in total. The van der Waals surface area contributed by atoms with Gasteiger partial charge in [-0.15, -0.1) is 0 Å². The van der Waals surface area contributed by atoms with Gasteiger partial charge in [0.2, 0.25) is 23.6 Å². The van der Waals surface area contributed by atoms with Crippen molar-refractivity contribution in [3.05, 3.63) is 71.9 Å². The lowest BCUT2D eigenvalue weighted by Gasteiger charge is -2.32. The van der Waals surface area contributed by atoms with E-state index in [2.05, 4.69) is 21.3 Å². The highest BCUT2D eigenvalue weighted by molar-refractivity contribution is 5.94. The normalized spacial score (nSPS) is 18.4. The zero-order valence-corrected chi connectivity index (χ0v) is 28.2. The highest BCUT2D eigenvalue weighted by atomic mass is 16.4. The van der Waals surface area contributed by atoms with E-state index >= 15 is 0 Å². The third-order valence-corrected chi connectivity index (χ3v) is 8.09. The van der Waals surface area contributed by atoms with Crippen LogP contribution in [0.15, 0.2) is 54.6 Å². The van der Waals surface area contributed by atoms with Gasteiger partial charge in [-0.05, 0) is 42.0 Å². The van der Waals surface area contributed by atoms with Gasteiger partial charge >= 0.3 is 5.97 Å². The summed E-state index contributed by atoms with van der Waals surface area (Å²) in [4.78, 5) is 65.2. The molecule has 1 aliphatic rings. The van der Waals surface area contributed by atoms with E-state index in [-0.39, 0.29) is 30.9 Å². The number of rotatable bonds is 19. The quantitative estimate of drug-likeness (QED) is 0.0698. The average molecular weight is 717 g/mol. The molecule has 0 aliphatic carbocycles. The van der Waals surface area contributed by atoms with Crippen LogP contribution in [-0.4, -0.2) is 132 Å². The molecule has 1 radical (unpaired) electrons. The molecule has 279 valence electrons. The largest absolute Gasteiger partial charge is 0.508 e. The number of nitrogens with one attached hydrogen (secondary N) is 4. The number of hydrogen-bond acceptors (Lipinski definition) is 12. The van der Waals surface area contributed by atoms with Gasteiger partial charge in [0, 0.05) is 6.42 Å². The maximum atomic E-state index is 13.4. The highest BCUT2D eigenvalue weighted by Crippen LogP contribution is 2.26. The zero-order valence-electron chi connectivity index (χ0n) is 28.2. The van der Waals surface area contributed by atoms with Gasteiger partial charge in [-0.3, -0.25) is 24.5 Å². The molecule has 2 aromatic carbocycles. The SMILES string of the molecule is CC(C)C[C@H](NC(=O)[C@H](Cc1ccccc1)NC(=O)CNC(=O)CN1[C]([C@H](O)[C@@H](O)[C@H](O)[C@H](O)CO)N[C@@H](Cc2ccc(O)cc2)C1=O)C(=O)O. The molecule has 2 aromatic rings. The Bertz CT molecular complexity index is 1480. The number of nitrogens with zero attached hydrogens (tertiary/aromatic N) is 1. The van der Waals surface area contributed by atoms with E-state index in [0.717, 1.165) is 4.90 Å². The lowest BCUT2D eigenvalue weighted by molar-refractivity contribution is -0.142. The summed E-state index contributed by atoms with van der Waals surface area (Å²) in [5.41, 5.74) is 1.25. The molecular weight excluding hydrogens is 670 g/mol. The second-order valence-corrected chi connectivity index (χ2v) is 12.7. The average Bonchev–Trinajstić information content (AvgIpc) is 3.39. The molecule has 0 bridgehead atoms. The van der Waals surface area contributed by atoms with Crippen molar-refractivity contribution >= 4 is 29.6 Å². The van der Waals surface area contributed by atoms with Gasteiger partial charge in [0.25, 0.3) is 0 Å². The first kappa shape index (κ1) is 40.8. The Labute approximate surface area is 294 Å². The topological polar surface area (TPSA) is 278 Å². The molecule has 4 amide bonds. The van der Waals surface area contributed by atoms with Gasteiger partial charge < -0.3 is 56.6 Å². The van der Waals surface area contributed by atoms with E-state index in [4.69, 9.17) is 5.11 Å². The number of carboxylic acid groups (broad SMARTS) is 1. The monoisotopic (exact) mass is 716 g/mol. The van der Waals surface area contributed by atoms with Crippen LogP contribution in [0.5, 0.6) is 5.75 Å². The van der Waals surface area contributed by atoms with E-state index in [0.29, 0.717) is 11.1 Å². The van der Waals surface area contributed by atoms with Crippen LogP contribution >= 0.6 is 0 Å². The Morgan fingerprint density at radius 2 is 1.51 bits per heavy atom. The van der Waals surface area contributed by atoms with Crippen LogP contribution in [0.4, 0.5) is 0 Å². The molecule has 17 heteroatoms. The molecule has 3 rings (SSSR count). The molecular formula is C34H46N5O12. The van der Waals surface area contributed by atoms with Crippen molar-refractivity contribution in [3.8, 4) is 5.75 Å². The Morgan fingerprint density at radius 3 is 2.10 bits per heavy atom. The summed E-state index contributed by atoms with van der Waals surface area (Å²) >= 11 is 0. The smallest absolute Gasteiger partial charge is 0.326 e. The predicted molar refractivity (Wildman–Crippen MR) is 179 cm³/mol. The first-order valence-corrected chi connectivity index (χ1v) is 16.3. The first-order chi connectivity index (χ1) is 24.1. The standard InChI is InChI=1S/C34H46N5O12/c1-18(2)12-24(34(50)51)38-32(48)22(13-19-6-4-3-5-7-19)36-26(43)15-35-27(44)16-39-31(30(47)29(46)28(45)25(42)17-40)37-23(33(39)49)14-20-8-10-21(41)11-9-20/h3-11,18,22-25,28-30,37,40-42,45-47H,12-17H2,1-2H3,(H,35,44)(H,36,43)(H,38,48)(H,50,51)/t22-,23-,24-,25+,28+,29-,30+/m0/s1. The van der Waals surface area contributed by atoms with Crippen molar-refractivity contribution in [1.29, 1.82) is 0 Å². The number of aliphatic hydroxyl groups excluding tert-OH is 5. The summed E-state index contributed by atoms with van der Waals surface area (Å²) < 4.78 is 0.